The number of hydrogen-bond acceptors (Lipinski definition) is 1. The fourth-order valence-electron chi connectivity index (χ4n) is 3.01. The van der Waals surface area contributed by atoms with Crippen LogP contribution >= 0.6 is 0 Å². The minimum absolute atomic E-state index is 0.327. The molecule has 0 fully saturated rings. The Morgan fingerprint density at radius 2 is 1.73 bits per heavy atom. The van der Waals surface area contributed by atoms with Gasteiger partial charge in [0.1, 0.15) is 0 Å². The molecule has 0 radical (unpaired) electrons. The number of aromatic carboxylic acids is 1. The molecule has 3 rings (SSSR count). The molecule has 0 aliphatic carbocycles. The van der Waals surface area contributed by atoms with Gasteiger partial charge in [-0.1, -0.05) is 24.3 Å². The van der Waals surface area contributed by atoms with Crippen LogP contribution in [0.1, 0.15) is 32.6 Å². The van der Waals surface area contributed by atoms with Crippen LogP contribution in [-0.4, -0.2) is 15.6 Å². The Bertz CT molecular complexity index is 854. The SMILES string of the molecule is Cc1cccc(C)c1Cn1cc(C)c2ccc(C(=O)O)cc21. The molecule has 1 aromatic heterocycles. The summed E-state index contributed by atoms with van der Waals surface area (Å²) in [5.74, 6) is -0.889. The molecule has 0 unspecified atom stereocenters. The number of aryl methyl sites for hydroxylation is 3. The molecular weight excluding hydrogens is 274 g/mol. The number of hydrogen-bond donors (Lipinski definition) is 1. The molecule has 0 saturated heterocycles. The highest BCUT2D eigenvalue weighted by Crippen LogP contribution is 2.25. The molecule has 0 amide bonds. The highest BCUT2D eigenvalue weighted by atomic mass is 16.4. The quantitative estimate of drug-likeness (QED) is 0.781. The Kier molecular flexibility index (Phi) is 3.49. The van der Waals surface area contributed by atoms with Crippen molar-refractivity contribution in [2.45, 2.75) is 27.3 Å². The first-order valence-electron chi connectivity index (χ1n) is 7.35. The van der Waals surface area contributed by atoms with Crippen LogP contribution < -0.4 is 0 Å². The first kappa shape index (κ1) is 14.4. The van der Waals surface area contributed by atoms with Crippen LogP contribution in [0.5, 0.6) is 0 Å². The minimum Gasteiger partial charge on any atom is -0.478 e. The summed E-state index contributed by atoms with van der Waals surface area (Å²) in [5.41, 5.74) is 6.27. The van der Waals surface area contributed by atoms with Gasteiger partial charge in [-0.3, -0.25) is 0 Å². The Balaban J connectivity index is 2.14. The molecule has 3 nitrogen and oxygen atoms in total. The van der Waals surface area contributed by atoms with Crippen molar-refractivity contribution in [3.63, 3.8) is 0 Å². The van der Waals surface area contributed by atoms with Crippen LogP contribution in [0.15, 0.2) is 42.6 Å². The summed E-state index contributed by atoms with van der Waals surface area (Å²) in [4.78, 5) is 11.2. The third-order valence-electron chi connectivity index (χ3n) is 4.30. The molecule has 0 atom stereocenters. The van der Waals surface area contributed by atoms with Gasteiger partial charge in [-0.25, -0.2) is 4.79 Å². The molecule has 22 heavy (non-hydrogen) atoms. The van der Waals surface area contributed by atoms with E-state index in [1.807, 2.05) is 6.07 Å². The Morgan fingerprint density at radius 3 is 2.36 bits per heavy atom. The molecule has 0 bridgehead atoms. The maximum atomic E-state index is 11.2. The van der Waals surface area contributed by atoms with Gasteiger partial charge in [0, 0.05) is 23.6 Å². The second-order valence-electron chi connectivity index (χ2n) is 5.85. The summed E-state index contributed by atoms with van der Waals surface area (Å²) in [5, 5.41) is 10.3. The first-order chi connectivity index (χ1) is 10.5. The third-order valence-corrected chi connectivity index (χ3v) is 4.30. The van der Waals surface area contributed by atoms with Crippen molar-refractivity contribution in [1.29, 1.82) is 0 Å². The van der Waals surface area contributed by atoms with E-state index in [1.165, 1.54) is 16.7 Å². The smallest absolute Gasteiger partial charge is 0.335 e. The van der Waals surface area contributed by atoms with E-state index in [4.69, 9.17) is 0 Å². The average Bonchev–Trinajstić information content (AvgIpc) is 2.79. The number of nitrogens with zero attached hydrogens (tertiary/aromatic N) is 1. The molecule has 2 aromatic carbocycles. The van der Waals surface area contributed by atoms with Crippen molar-refractivity contribution in [3.05, 3.63) is 70.4 Å². The van der Waals surface area contributed by atoms with E-state index in [-0.39, 0.29) is 0 Å². The number of carboxylic acid groups (broad SMARTS) is 1. The molecule has 0 spiro atoms. The maximum absolute atomic E-state index is 11.2. The molecule has 3 aromatic rings. The van der Waals surface area contributed by atoms with Crippen LogP contribution in [0, 0.1) is 20.8 Å². The standard InChI is InChI=1S/C19H19NO2/c1-12-5-4-6-13(2)17(12)11-20-10-14(3)16-8-7-15(19(21)22)9-18(16)20/h4-10H,11H2,1-3H3,(H,21,22). The molecular formula is C19H19NO2. The zero-order valence-electron chi connectivity index (χ0n) is 13.1. The fraction of sp³-hybridized carbons (Fsp3) is 0.211. The summed E-state index contributed by atoms with van der Waals surface area (Å²) in [7, 11) is 0. The van der Waals surface area contributed by atoms with Crippen LogP contribution in [0.3, 0.4) is 0 Å². The Hall–Kier alpha value is -2.55. The second-order valence-corrected chi connectivity index (χ2v) is 5.85. The first-order valence-corrected chi connectivity index (χ1v) is 7.35. The van der Waals surface area contributed by atoms with Crippen LogP contribution in [0.2, 0.25) is 0 Å². The van der Waals surface area contributed by atoms with Crippen molar-refractivity contribution in [2.24, 2.45) is 0 Å². The van der Waals surface area contributed by atoms with Gasteiger partial charge in [0.05, 0.1) is 5.56 Å². The molecule has 0 aliphatic rings. The van der Waals surface area contributed by atoms with E-state index in [1.54, 1.807) is 12.1 Å². The van der Waals surface area contributed by atoms with Gasteiger partial charge in [0.15, 0.2) is 0 Å². The zero-order valence-corrected chi connectivity index (χ0v) is 13.1. The predicted molar refractivity (Wildman–Crippen MR) is 88.7 cm³/mol. The van der Waals surface area contributed by atoms with Crippen LogP contribution in [0.25, 0.3) is 10.9 Å². The highest BCUT2D eigenvalue weighted by Gasteiger charge is 2.11. The normalized spacial score (nSPS) is 11.0. The van der Waals surface area contributed by atoms with E-state index < -0.39 is 5.97 Å². The van der Waals surface area contributed by atoms with Gasteiger partial charge in [-0.05, 0) is 55.2 Å². The summed E-state index contributed by atoms with van der Waals surface area (Å²) < 4.78 is 2.15. The van der Waals surface area contributed by atoms with E-state index in [9.17, 15) is 9.90 Å². The number of carbonyl (C=O) groups is 1. The van der Waals surface area contributed by atoms with Gasteiger partial charge in [-0.15, -0.1) is 0 Å². The lowest BCUT2D eigenvalue weighted by molar-refractivity contribution is 0.0697. The van der Waals surface area contributed by atoms with Crippen molar-refractivity contribution in [2.75, 3.05) is 0 Å². The molecule has 1 heterocycles. The number of aromatic nitrogens is 1. The zero-order chi connectivity index (χ0) is 15.9. The second kappa shape index (κ2) is 5.34. The molecule has 0 saturated carbocycles. The van der Waals surface area contributed by atoms with E-state index in [0.29, 0.717) is 5.56 Å². The lowest BCUT2D eigenvalue weighted by atomic mass is 10.0. The van der Waals surface area contributed by atoms with Crippen LogP contribution in [0.4, 0.5) is 0 Å². The third kappa shape index (κ3) is 2.39. The van der Waals surface area contributed by atoms with Crippen molar-refractivity contribution in [1.82, 2.24) is 4.57 Å². The van der Waals surface area contributed by atoms with Gasteiger partial charge >= 0.3 is 5.97 Å². The lowest BCUT2D eigenvalue weighted by Crippen LogP contribution is -2.03. The number of fused-ring (bicyclic) bond motifs is 1. The number of carboxylic acids is 1. The molecule has 0 aliphatic heterocycles. The highest BCUT2D eigenvalue weighted by molar-refractivity contribution is 5.94. The molecule has 112 valence electrons. The summed E-state index contributed by atoms with van der Waals surface area (Å²) >= 11 is 0. The van der Waals surface area contributed by atoms with Gasteiger partial charge in [0.25, 0.3) is 0 Å². The monoisotopic (exact) mass is 293 g/mol. The summed E-state index contributed by atoms with van der Waals surface area (Å²) in [6.07, 6.45) is 2.10. The minimum atomic E-state index is -0.889. The summed E-state index contributed by atoms with van der Waals surface area (Å²) in [6.45, 7) is 7.04. The van der Waals surface area contributed by atoms with Crippen molar-refractivity contribution in [3.8, 4) is 0 Å². The largest absolute Gasteiger partial charge is 0.478 e. The van der Waals surface area contributed by atoms with Gasteiger partial charge < -0.3 is 9.67 Å². The Labute approximate surface area is 129 Å². The molecule has 1 N–H and O–H groups in total. The average molecular weight is 293 g/mol. The van der Waals surface area contributed by atoms with Crippen molar-refractivity contribution >= 4 is 16.9 Å². The van der Waals surface area contributed by atoms with Gasteiger partial charge in [0.2, 0.25) is 0 Å². The molecule has 3 heteroatoms. The Morgan fingerprint density at radius 1 is 1.05 bits per heavy atom. The predicted octanol–water partition coefficient (Wildman–Crippen LogP) is 4.31. The van der Waals surface area contributed by atoms with Crippen LogP contribution in [-0.2, 0) is 6.54 Å². The number of rotatable bonds is 3. The van der Waals surface area contributed by atoms with E-state index >= 15 is 0 Å². The van der Waals surface area contributed by atoms with Crippen molar-refractivity contribution < 1.29 is 9.90 Å². The maximum Gasteiger partial charge on any atom is 0.335 e. The lowest BCUT2D eigenvalue weighted by Gasteiger charge is -2.12. The van der Waals surface area contributed by atoms with E-state index in [2.05, 4.69) is 49.7 Å². The topological polar surface area (TPSA) is 42.2 Å². The van der Waals surface area contributed by atoms with Gasteiger partial charge in [-0.2, -0.15) is 0 Å². The van der Waals surface area contributed by atoms with E-state index in [0.717, 1.165) is 23.0 Å². The number of benzene rings is 2. The summed E-state index contributed by atoms with van der Waals surface area (Å²) in [6, 6.07) is 11.6. The fourth-order valence-corrected chi connectivity index (χ4v) is 3.01.